The third-order valence-electron chi connectivity index (χ3n) is 3.05. The van der Waals surface area contributed by atoms with E-state index in [0.29, 0.717) is 4.47 Å². The summed E-state index contributed by atoms with van der Waals surface area (Å²) in [5.74, 6) is -0.213. The standard InChI is InChI=1S/C15H17BrFNS/c1-3-8-18-14(15-10(2)7-9-19-15)11-5-4-6-12(17)13(11)16/h4-7,9,14,18H,3,8H2,1-2H3. The summed E-state index contributed by atoms with van der Waals surface area (Å²) in [4.78, 5) is 1.25. The molecule has 0 aliphatic rings. The third-order valence-corrected chi connectivity index (χ3v) is 4.98. The fourth-order valence-electron chi connectivity index (χ4n) is 2.06. The molecule has 1 heterocycles. The van der Waals surface area contributed by atoms with Crippen molar-refractivity contribution in [1.29, 1.82) is 0 Å². The summed E-state index contributed by atoms with van der Waals surface area (Å²) in [7, 11) is 0. The molecular weight excluding hydrogens is 325 g/mol. The smallest absolute Gasteiger partial charge is 0.137 e. The lowest BCUT2D eigenvalue weighted by Crippen LogP contribution is -2.23. The molecule has 0 fully saturated rings. The summed E-state index contributed by atoms with van der Waals surface area (Å²) in [6, 6.07) is 7.36. The molecule has 102 valence electrons. The number of hydrogen-bond donors (Lipinski definition) is 1. The second-order valence-corrected chi connectivity index (χ2v) is 6.24. The Labute approximate surface area is 126 Å². The summed E-state index contributed by atoms with van der Waals surface area (Å²) < 4.78 is 14.3. The van der Waals surface area contributed by atoms with E-state index in [1.807, 2.05) is 6.07 Å². The summed E-state index contributed by atoms with van der Waals surface area (Å²) in [5, 5.41) is 5.59. The van der Waals surface area contributed by atoms with E-state index in [1.165, 1.54) is 16.5 Å². The SMILES string of the molecule is CCCNC(c1cccc(F)c1Br)c1sccc1C. The molecule has 1 unspecified atom stereocenters. The van der Waals surface area contributed by atoms with Gasteiger partial charge in [-0.05, 0) is 64.5 Å². The van der Waals surface area contributed by atoms with E-state index in [0.717, 1.165) is 18.5 Å². The molecule has 0 amide bonds. The van der Waals surface area contributed by atoms with Crippen LogP contribution in [0.3, 0.4) is 0 Å². The molecule has 0 bridgehead atoms. The lowest BCUT2D eigenvalue weighted by Gasteiger charge is -2.20. The highest BCUT2D eigenvalue weighted by molar-refractivity contribution is 9.10. The van der Waals surface area contributed by atoms with Crippen molar-refractivity contribution >= 4 is 27.3 Å². The van der Waals surface area contributed by atoms with Gasteiger partial charge in [0.1, 0.15) is 5.82 Å². The molecule has 1 atom stereocenters. The molecule has 1 nitrogen and oxygen atoms in total. The number of hydrogen-bond acceptors (Lipinski definition) is 2. The number of thiophene rings is 1. The van der Waals surface area contributed by atoms with Crippen molar-refractivity contribution in [2.24, 2.45) is 0 Å². The van der Waals surface area contributed by atoms with Gasteiger partial charge >= 0.3 is 0 Å². The van der Waals surface area contributed by atoms with Crippen molar-refractivity contribution < 1.29 is 4.39 Å². The van der Waals surface area contributed by atoms with Crippen molar-refractivity contribution in [2.45, 2.75) is 26.3 Å². The van der Waals surface area contributed by atoms with Crippen LogP contribution in [0.2, 0.25) is 0 Å². The van der Waals surface area contributed by atoms with Crippen LogP contribution in [-0.2, 0) is 0 Å². The molecule has 2 rings (SSSR count). The van der Waals surface area contributed by atoms with Crippen LogP contribution in [0, 0.1) is 12.7 Å². The largest absolute Gasteiger partial charge is 0.306 e. The molecule has 1 aromatic heterocycles. The number of halogens is 2. The van der Waals surface area contributed by atoms with Crippen LogP contribution in [0.4, 0.5) is 4.39 Å². The first-order chi connectivity index (χ1) is 9.15. The Balaban J connectivity index is 2.43. The average molecular weight is 342 g/mol. The predicted octanol–water partition coefficient (Wildman–Crippen LogP) is 5.05. The Morgan fingerprint density at radius 1 is 1.37 bits per heavy atom. The summed E-state index contributed by atoms with van der Waals surface area (Å²) in [6.45, 7) is 5.14. The van der Waals surface area contributed by atoms with Crippen molar-refractivity contribution in [3.8, 4) is 0 Å². The highest BCUT2D eigenvalue weighted by Crippen LogP contribution is 2.34. The lowest BCUT2D eigenvalue weighted by molar-refractivity contribution is 0.583. The van der Waals surface area contributed by atoms with Gasteiger partial charge in [0, 0.05) is 4.88 Å². The first kappa shape index (κ1) is 14.7. The summed E-state index contributed by atoms with van der Waals surface area (Å²) in [5.41, 5.74) is 2.20. The molecule has 4 heteroatoms. The monoisotopic (exact) mass is 341 g/mol. The first-order valence-corrected chi connectivity index (χ1v) is 8.03. The quantitative estimate of drug-likeness (QED) is 0.802. The van der Waals surface area contributed by atoms with Crippen molar-refractivity contribution in [3.63, 3.8) is 0 Å². The second kappa shape index (κ2) is 6.64. The van der Waals surface area contributed by atoms with Gasteiger partial charge in [-0.1, -0.05) is 19.1 Å². The highest BCUT2D eigenvalue weighted by atomic mass is 79.9. The highest BCUT2D eigenvalue weighted by Gasteiger charge is 2.20. The molecule has 0 aliphatic heterocycles. The Hall–Kier alpha value is -0.710. The summed E-state index contributed by atoms with van der Waals surface area (Å²) >= 11 is 5.08. The molecule has 0 radical (unpaired) electrons. The average Bonchev–Trinajstić information content (AvgIpc) is 2.81. The van der Waals surface area contributed by atoms with Gasteiger partial charge in [-0.3, -0.25) is 0 Å². The van der Waals surface area contributed by atoms with E-state index in [-0.39, 0.29) is 11.9 Å². The van der Waals surface area contributed by atoms with E-state index in [9.17, 15) is 4.39 Å². The fourth-order valence-corrected chi connectivity index (χ4v) is 3.57. The predicted molar refractivity (Wildman–Crippen MR) is 83.3 cm³/mol. The minimum atomic E-state index is -0.213. The fraction of sp³-hybridized carbons (Fsp3) is 0.333. The first-order valence-electron chi connectivity index (χ1n) is 6.36. The van der Waals surface area contributed by atoms with E-state index < -0.39 is 0 Å². The van der Waals surface area contributed by atoms with Crippen LogP contribution in [0.15, 0.2) is 34.1 Å². The van der Waals surface area contributed by atoms with Crippen molar-refractivity contribution in [3.05, 3.63) is 55.9 Å². The molecule has 19 heavy (non-hydrogen) atoms. The zero-order valence-corrected chi connectivity index (χ0v) is 13.4. The normalized spacial score (nSPS) is 12.6. The van der Waals surface area contributed by atoms with Gasteiger partial charge in [-0.2, -0.15) is 0 Å². The molecule has 2 aromatic rings. The molecule has 0 saturated heterocycles. The molecule has 1 aromatic carbocycles. The Kier molecular flexibility index (Phi) is 5.13. The maximum Gasteiger partial charge on any atom is 0.137 e. The van der Waals surface area contributed by atoms with E-state index in [1.54, 1.807) is 17.4 Å². The summed E-state index contributed by atoms with van der Waals surface area (Å²) in [6.07, 6.45) is 1.05. The van der Waals surface area contributed by atoms with Gasteiger partial charge in [-0.15, -0.1) is 11.3 Å². The van der Waals surface area contributed by atoms with Crippen LogP contribution in [0.1, 0.15) is 35.4 Å². The zero-order chi connectivity index (χ0) is 13.8. The number of rotatable bonds is 5. The van der Waals surface area contributed by atoms with Crippen LogP contribution < -0.4 is 5.32 Å². The topological polar surface area (TPSA) is 12.0 Å². The van der Waals surface area contributed by atoms with E-state index in [4.69, 9.17) is 0 Å². The second-order valence-electron chi connectivity index (χ2n) is 4.50. The third kappa shape index (κ3) is 3.25. The van der Waals surface area contributed by atoms with Crippen LogP contribution >= 0.6 is 27.3 Å². The zero-order valence-electron chi connectivity index (χ0n) is 11.0. The molecule has 0 aliphatic carbocycles. The van der Waals surface area contributed by atoms with Crippen LogP contribution in [0.5, 0.6) is 0 Å². The van der Waals surface area contributed by atoms with Gasteiger partial charge in [0.15, 0.2) is 0 Å². The Bertz CT molecular complexity index is 553. The van der Waals surface area contributed by atoms with Crippen LogP contribution in [-0.4, -0.2) is 6.54 Å². The lowest BCUT2D eigenvalue weighted by atomic mass is 10.0. The van der Waals surface area contributed by atoms with Gasteiger partial charge < -0.3 is 5.32 Å². The Morgan fingerprint density at radius 2 is 2.16 bits per heavy atom. The molecular formula is C15H17BrFNS. The van der Waals surface area contributed by atoms with E-state index in [2.05, 4.69) is 46.5 Å². The number of benzene rings is 1. The van der Waals surface area contributed by atoms with Crippen LogP contribution in [0.25, 0.3) is 0 Å². The maximum absolute atomic E-state index is 13.7. The maximum atomic E-state index is 13.7. The van der Waals surface area contributed by atoms with Gasteiger partial charge in [0.25, 0.3) is 0 Å². The number of aryl methyl sites for hydroxylation is 1. The van der Waals surface area contributed by atoms with E-state index >= 15 is 0 Å². The van der Waals surface area contributed by atoms with Crippen molar-refractivity contribution in [1.82, 2.24) is 5.32 Å². The Morgan fingerprint density at radius 3 is 2.79 bits per heavy atom. The minimum Gasteiger partial charge on any atom is -0.306 e. The molecule has 1 N–H and O–H groups in total. The molecule has 0 spiro atoms. The van der Waals surface area contributed by atoms with Crippen molar-refractivity contribution in [2.75, 3.05) is 6.54 Å². The van der Waals surface area contributed by atoms with Gasteiger partial charge in [-0.25, -0.2) is 4.39 Å². The molecule has 0 saturated carbocycles. The number of nitrogens with one attached hydrogen (secondary N) is 1. The van der Waals surface area contributed by atoms with Gasteiger partial charge in [0.05, 0.1) is 10.5 Å². The van der Waals surface area contributed by atoms with Gasteiger partial charge in [0.2, 0.25) is 0 Å². The minimum absolute atomic E-state index is 0.0463.